The van der Waals surface area contributed by atoms with Crippen molar-refractivity contribution in [1.29, 1.82) is 0 Å². The first-order valence-electron chi connectivity index (χ1n) is 9.93. The highest BCUT2D eigenvalue weighted by atomic mass is 16.5. The third-order valence-corrected chi connectivity index (χ3v) is 5.44. The van der Waals surface area contributed by atoms with E-state index in [1.54, 1.807) is 13.2 Å². The molecule has 1 amide bonds. The lowest BCUT2D eigenvalue weighted by Gasteiger charge is -2.19. The lowest BCUT2D eigenvalue weighted by Crippen LogP contribution is -2.34. The van der Waals surface area contributed by atoms with Gasteiger partial charge in [-0.3, -0.25) is 9.59 Å². The molecule has 4 rings (SSSR count). The summed E-state index contributed by atoms with van der Waals surface area (Å²) in [4.78, 5) is 29.7. The molecule has 6 nitrogen and oxygen atoms in total. The van der Waals surface area contributed by atoms with E-state index in [4.69, 9.17) is 4.74 Å². The van der Waals surface area contributed by atoms with Gasteiger partial charge in [-0.2, -0.15) is 0 Å². The van der Waals surface area contributed by atoms with Crippen LogP contribution in [0, 0.1) is 0 Å². The number of amides is 1. The van der Waals surface area contributed by atoms with Crippen molar-refractivity contribution in [3.05, 3.63) is 70.0 Å². The van der Waals surface area contributed by atoms with Crippen LogP contribution in [0.5, 0.6) is 5.75 Å². The number of carbonyl (C=O) groups excluding carboxylic acids is 1. The van der Waals surface area contributed by atoms with Gasteiger partial charge in [0.2, 0.25) is 5.91 Å². The van der Waals surface area contributed by atoms with Gasteiger partial charge in [0.05, 0.1) is 12.6 Å². The Morgan fingerprint density at radius 1 is 1.21 bits per heavy atom. The molecule has 0 atom stereocenters. The van der Waals surface area contributed by atoms with Gasteiger partial charge in [-0.05, 0) is 48.1 Å². The Morgan fingerprint density at radius 2 is 2.07 bits per heavy atom. The van der Waals surface area contributed by atoms with E-state index in [0.29, 0.717) is 30.7 Å². The second kappa shape index (κ2) is 8.39. The molecule has 2 aromatic carbocycles. The van der Waals surface area contributed by atoms with Crippen LogP contribution in [0.2, 0.25) is 0 Å². The van der Waals surface area contributed by atoms with Crippen LogP contribution in [0.4, 0.5) is 5.69 Å². The predicted molar refractivity (Wildman–Crippen MR) is 115 cm³/mol. The highest BCUT2D eigenvalue weighted by molar-refractivity contribution is 5.81. The lowest BCUT2D eigenvalue weighted by molar-refractivity contribution is -0.121. The minimum absolute atomic E-state index is 0.0355. The number of fused-ring (bicyclic) bond motifs is 2. The zero-order valence-corrected chi connectivity index (χ0v) is 16.5. The van der Waals surface area contributed by atoms with Crippen molar-refractivity contribution in [2.24, 2.45) is 0 Å². The molecule has 0 saturated carbocycles. The molecule has 3 aromatic rings. The molecule has 1 aromatic heterocycles. The minimum Gasteiger partial charge on any atom is -0.497 e. The van der Waals surface area contributed by atoms with E-state index in [1.807, 2.05) is 24.3 Å². The highest BCUT2D eigenvalue weighted by Gasteiger charge is 2.17. The summed E-state index contributed by atoms with van der Waals surface area (Å²) in [6, 6.07) is 15.8. The van der Waals surface area contributed by atoms with Crippen molar-refractivity contribution in [3.8, 4) is 5.75 Å². The van der Waals surface area contributed by atoms with Gasteiger partial charge < -0.3 is 19.9 Å². The number of anilines is 1. The van der Waals surface area contributed by atoms with E-state index in [9.17, 15) is 9.59 Å². The zero-order chi connectivity index (χ0) is 20.2. The Kier molecular flexibility index (Phi) is 5.51. The molecule has 1 aliphatic rings. The predicted octanol–water partition coefficient (Wildman–Crippen LogP) is 2.65. The molecule has 0 saturated heterocycles. The number of methoxy groups -OCH3 is 1. The van der Waals surface area contributed by atoms with E-state index >= 15 is 0 Å². The van der Waals surface area contributed by atoms with E-state index < -0.39 is 0 Å². The molecule has 2 heterocycles. The number of aryl methyl sites for hydroxylation is 1. The number of ether oxygens (including phenoxy) is 1. The molecule has 1 aliphatic heterocycles. The van der Waals surface area contributed by atoms with Crippen molar-refractivity contribution < 1.29 is 9.53 Å². The number of H-pyrrole nitrogens is 1. The number of rotatable bonds is 7. The Balaban J connectivity index is 1.30. The second-order valence-corrected chi connectivity index (χ2v) is 7.29. The van der Waals surface area contributed by atoms with Crippen molar-refractivity contribution in [2.45, 2.75) is 19.3 Å². The summed E-state index contributed by atoms with van der Waals surface area (Å²) in [5, 5.41) is 3.90. The highest BCUT2D eigenvalue weighted by Crippen LogP contribution is 2.26. The van der Waals surface area contributed by atoms with Crippen LogP contribution in [-0.4, -0.2) is 37.6 Å². The summed E-state index contributed by atoms with van der Waals surface area (Å²) >= 11 is 0. The number of aromatic amines is 1. The fourth-order valence-corrected chi connectivity index (χ4v) is 3.84. The monoisotopic (exact) mass is 391 g/mol. The summed E-state index contributed by atoms with van der Waals surface area (Å²) in [6.45, 7) is 2.38. The zero-order valence-electron chi connectivity index (χ0n) is 16.5. The van der Waals surface area contributed by atoms with Crippen LogP contribution in [0.3, 0.4) is 0 Å². The minimum atomic E-state index is -0.160. The Bertz CT molecular complexity index is 1090. The van der Waals surface area contributed by atoms with E-state index in [2.05, 4.69) is 33.4 Å². The van der Waals surface area contributed by atoms with Gasteiger partial charge in [0.1, 0.15) is 5.75 Å². The van der Waals surface area contributed by atoms with Gasteiger partial charge in [-0.1, -0.05) is 18.2 Å². The van der Waals surface area contributed by atoms with Crippen molar-refractivity contribution in [2.75, 3.05) is 31.6 Å². The van der Waals surface area contributed by atoms with E-state index in [-0.39, 0.29) is 11.5 Å². The summed E-state index contributed by atoms with van der Waals surface area (Å²) in [7, 11) is 1.59. The normalized spacial score (nSPS) is 12.8. The number of aromatic nitrogens is 1. The van der Waals surface area contributed by atoms with Crippen LogP contribution in [-0.2, 0) is 17.6 Å². The molecule has 6 heteroatoms. The number of nitrogens with one attached hydrogen (secondary N) is 2. The van der Waals surface area contributed by atoms with Crippen molar-refractivity contribution in [3.63, 3.8) is 0 Å². The van der Waals surface area contributed by atoms with Gasteiger partial charge in [0, 0.05) is 43.4 Å². The fourth-order valence-electron chi connectivity index (χ4n) is 3.84. The summed E-state index contributed by atoms with van der Waals surface area (Å²) in [5.74, 6) is 0.660. The fraction of sp³-hybridized carbons (Fsp3) is 0.304. The van der Waals surface area contributed by atoms with Gasteiger partial charge >= 0.3 is 0 Å². The second-order valence-electron chi connectivity index (χ2n) is 7.29. The Morgan fingerprint density at radius 3 is 2.93 bits per heavy atom. The number of nitrogens with zero attached hydrogens (tertiary/aromatic N) is 1. The number of hydrogen-bond acceptors (Lipinski definition) is 4. The number of para-hydroxylation sites is 1. The van der Waals surface area contributed by atoms with Gasteiger partial charge in [0.25, 0.3) is 5.56 Å². The third kappa shape index (κ3) is 4.26. The average Bonchev–Trinajstić information content (AvgIpc) is 3.15. The maximum atomic E-state index is 12.3. The molecule has 2 N–H and O–H groups in total. The lowest BCUT2D eigenvalue weighted by atomic mass is 10.1. The van der Waals surface area contributed by atoms with Gasteiger partial charge in [-0.25, -0.2) is 0 Å². The first kappa shape index (κ1) is 19.1. The average molecular weight is 391 g/mol. The maximum absolute atomic E-state index is 12.3. The molecule has 29 heavy (non-hydrogen) atoms. The van der Waals surface area contributed by atoms with Crippen LogP contribution < -0.4 is 20.5 Å². The number of benzene rings is 2. The molecule has 0 fully saturated rings. The molecule has 0 aliphatic carbocycles. The largest absolute Gasteiger partial charge is 0.497 e. The van der Waals surface area contributed by atoms with E-state index in [0.717, 1.165) is 30.4 Å². The smallest absolute Gasteiger partial charge is 0.251 e. The molecular formula is C23H25N3O3. The van der Waals surface area contributed by atoms with E-state index in [1.165, 1.54) is 11.3 Å². The number of pyridine rings is 1. The summed E-state index contributed by atoms with van der Waals surface area (Å²) in [6.07, 6.45) is 1.76. The van der Waals surface area contributed by atoms with Crippen LogP contribution in [0.25, 0.3) is 10.9 Å². The number of hydrogen-bond donors (Lipinski definition) is 2. The van der Waals surface area contributed by atoms with Crippen LogP contribution in [0.15, 0.2) is 53.3 Å². The molecule has 0 bridgehead atoms. The first-order chi connectivity index (χ1) is 14.1. The van der Waals surface area contributed by atoms with Crippen LogP contribution in [0.1, 0.15) is 17.5 Å². The summed E-state index contributed by atoms with van der Waals surface area (Å²) in [5.41, 5.74) is 3.82. The molecule has 150 valence electrons. The topological polar surface area (TPSA) is 74.4 Å². The molecule has 0 radical (unpaired) electrons. The Hall–Kier alpha value is -3.28. The quantitative estimate of drug-likeness (QED) is 0.649. The molecular weight excluding hydrogens is 366 g/mol. The van der Waals surface area contributed by atoms with Crippen LogP contribution >= 0.6 is 0 Å². The molecule has 0 unspecified atom stereocenters. The Labute approximate surface area is 169 Å². The maximum Gasteiger partial charge on any atom is 0.251 e. The standard InChI is InChI=1S/C23H25N3O3/c1-29-19-8-6-17-14-18(23(28)25-20(17)15-19)7-9-22(27)24-11-13-26-12-10-16-4-2-3-5-21(16)26/h2-6,8,14-15H,7,9-13H2,1H3,(H,24,27)(H,25,28). The van der Waals surface area contributed by atoms with Crippen molar-refractivity contribution >= 4 is 22.5 Å². The third-order valence-electron chi connectivity index (χ3n) is 5.44. The number of carbonyl (C=O) groups is 1. The van der Waals surface area contributed by atoms with Gasteiger partial charge in [0.15, 0.2) is 0 Å². The summed E-state index contributed by atoms with van der Waals surface area (Å²) < 4.78 is 5.19. The van der Waals surface area contributed by atoms with Crippen molar-refractivity contribution in [1.82, 2.24) is 10.3 Å². The SMILES string of the molecule is COc1ccc2cc(CCC(=O)NCCN3CCc4ccccc43)c(=O)[nH]c2c1. The first-order valence-corrected chi connectivity index (χ1v) is 9.93. The molecule has 0 spiro atoms. The van der Waals surface area contributed by atoms with Gasteiger partial charge in [-0.15, -0.1) is 0 Å².